The number of hydrogen-bond acceptors (Lipinski definition) is 3. The Hall–Kier alpha value is -1.87. The average Bonchev–Trinajstić information content (AvgIpc) is 2.46. The highest BCUT2D eigenvalue weighted by atomic mass is 16.5. The van der Waals surface area contributed by atoms with Crippen LogP contribution in [0.4, 0.5) is 0 Å². The molecule has 1 heterocycles. The third-order valence-electron chi connectivity index (χ3n) is 3.56. The van der Waals surface area contributed by atoms with Crippen LogP contribution in [0.1, 0.15) is 24.5 Å². The number of benzene rings is 2. The molecule has 1 unspecified atom stereocenters. The van der Waals surface area contributed by atoms with Crippen LogP contribution in [0.15, 0.2) is 36.4 Å². The molecule has 1 saturated heterocycles. The Morgan fingerprint density at radius 3 is 2.74 bits per heavy atom. The number of rotatable bonds is 2. The molecule has 0 saturated carbocycles. The van der Waals surface area contributed by atoms with Gasteiger partial charge in [-0.15, -0.1) is 0 Å². The zero-order chi connectivity index (χ0) is 13.2. The Morgan fingerprint density at radius 2 is 1.95 bits per heavy atom. The minimum Gasteiger partial charge on any atom is -0.497 e. The second kappa shape index (κ2) is 5.02. The van der Waals surface area contributed by atoms with E-state index >= 15 is 0 Å². The lowest BCUT2D eigenvalue weighted by Gasteiger charge is -2.22. The molecule has 3 nitrogen and oxygen atoms in total. The van der Waals surface area contributed by atoms with Crippen molar-refractivity contribution in [2.24, 2.45) is 0 Å². The summed E-state index contributed by atoms with van der Waals surface area (Å²) in [4.78, 5) is 11.5. The van der Waals surface area contributed by atoms with Crippen LogP contribution < -0.4 is 4.74 Å². The van der Waals surface area contributed by atoms with Crippen LogP contribution in [-0.2, 0) is 9.53 Å². The Balaban J connectivity index is 1.95. The molecular formula is C16H16O3. The molecule has 1 aliphatic heterocycles. The molecule has 0 bridgehead atoms. The first-order chi connectivity index (χ1) is 9.26. The number of hydrogen-bond donors (Lipinski definition) is 0. The van der Waals surface area contributed by atoms with Crippen LogP contribution in [0.5, 0.6) is 5.75 Å². The van der Waals surface area contributed by atoms with Crippen molar-refractivity contribution in [1.82, 2.24) is 0 Å². The molecular weight excluding hydrogens is 240 g/mol. The van der Waals surface area contributed by atoms with Crippen LogP contribution in [-0.4, -0.2) is 19.5 Å². The molecule has 0 spiro atoms. The number of fused-ring (bicyclic) bond motifs is 1. The molecule has 3 rings (SSSR count). The monoisotopic (exact) mass is 256 g/mol. The first-order valence-electron chi connectivity index (χ1n) is 6.47. The highest BCUT2D eigenvalue weighted by molar-refractivity contribution is 5.85. The normalized spacial score (nSPS) is 19.6. The summed E-state index contributed by atoms with van der Waals surface area (Å²) in [6, 6.07) is 12.2. The van der Waals surface area contributed by atoms with Crippen LogP contribution in [0.25, 0.3) is 10.8 Å². The van der Waals surface area contributed by atoms with Crippen LogP contribution in [0, 0.1) is 0 Å². The summed E-state index contributed by atoms with van der Waals surface area (Å²) >= 11 is 0. The molecule has 19 heavy (non-hydrogen) atoms. The second-order valence-corrected chi connectivity index (χ2v) is 4.82. The van der Waals surface area contributed by atoms with Crippen molar-refractivity contribution >= 4 is 16.6 Å². The van der Waals surface area contributed by atoms with Gasteiger partial charge in [0.15, 0.2) is 0 Å². The molecule has 0 aromatic heterocycles. The van der Waals surface area contributed by atoms with Crippen molar-refractivity contribution < 1.29 is 14.3 Å². The van der Waals surface area contributed by atoms with Gasteiger partial charge < -0.3 is 9.47 Å². The summed E-state index contributed by atoms with van der Waals surface area (Å²) in [5.41, 5.74) is 1.07. The topological polar surface area (TPSA) is 35.5 Å². The zero-order valence-electron chi connectivity index (χ0n) is 10.9. The maximum absolute atomic E-state index is 11.5. The van der Waals surface area contributed by atoms with Gasteiger partial charge in [-0.3, -0.25) is 4.79 Å². The molecule has 0 radical (unpaired) electrons. The second-order valence-electron chi connectivity index (χ2n) is 4.82. The molecule has 0 N–H and O–H groups in total. The van der Waals surface area contributed by atoms with Crippen molar-refractivity contribution in [3.63, 3.8) is 0 Å². The van der Waals surface area contributed by atoms with Gasteiger partial charge in [-0.1, -0.05) is 18.2 Å². The predicted octanol–water partition coefficient (Wildman–Crippen LogP) is 3.27. The molecule has 98 valence electrons. The molecule has 1 fully saturated rings. The van der Waals surface area contributed by atoms with E-state index in [0.29, 0.717) is 19.4 Å². The van der Waals surface area contributed by atoms with E-state index in [4.69, 9.17) is 9.47 Å². The minimum absolute atomic E-state index is 0.0900. The molecule has 0 amide bonds. The molecule has 3 heteroatoms. The van der Waals surface area contributed by atoms with E-state index in [1.807, 2.05) is 24.3 Å². The van der Waals surface area contributed by atoms with Gasteiger partial charge in [0.05, 0.1) is 19.8 Å². The van der Waals surface area contributed by atoms with Gasteiger partial charge in [-0.05, 0) is 34.5 Å². The maximum Gasteiger partial charge on any atom is 0.138 e. The van der Waals surface area contributed by atoms with E-state index in [2.05, 4.69) is 12.1 Å². The summed E-state index contributed by atoms with van der Waals surface area (Å²) in [6.45, 7) is 0.532. The summed E-state index contributed by atoms with van der Waals surface area (Å²) < 4.78 is 10.9. The SMILES string of the molecule is COc1ccc2cc(C3CC(=O)CCO3)ccc2c1. The van der Waals surface area contributed by atoms with Gasteiger partial charge in [-0.2, -0.15) is 0 Å². The third-order valence-corrected chi connectivity index (χ3v) is 3.56. The Labute approximate surface area is 112 Å². The highest BCUT2D eigenvalue weighted by Gasteiger charge is 2.21. The lowest BCUT2D eigenvalue weighted by molar-refractivity contribution is -0.128. The fourth-order valence-corrected chi connectivity index (χ4v) is 2.47. The standard InChI is InChI=1S/C16H16O3/c1-18-15-5-4-11-8-13(3-2-12(11)9-15)16-10-14(17)6-7-19-16/h2-5,8-9,16H,6-7,10H2,1H3. The van der Waals surface area contributed by atoms with Crippen molar-refractivity contribution in [3.8, 4) is 5.75 Å². The molecule has 2 aromatic rings. The average molecular weight is 256 g/mol. The fourth-order valence-electron chi connectivity index (χ4n) is 2.47. The zero-order valence-corrected chi connectivity index (χ0v) is 10.9. The number of ether oxygens (including phenoxy) is 2. The first kappa shape index (κ1) is 12.2. The molecule has 0 aliphatic carbocycles. The number of carbonyl (C=O) groups is 1. The first-order valence-corrected chi connectivity index (χ1v) is 6.47. The fraction of sp³-hybridized carbons (Fsp3) is 0.312. The number of carbonyl (C=O) groups excluding carboxylic acids is 1. The van der Waals surface area contributed by atoms with E-state index in [0.717, 1.165) is 22.1 Å². The van der Waals surface area contributed by atoms with E-state index in [9.17, 15) is 4.79 Å². The van der Waals surface area contributed by atoms with Crippen molar-refractivity contribution in [3.05, 3.63) is 42.0 Å². The van der Waals surface area contributed by atoms with Gasteiger partial charge in [0, 0.05) is 12.8 Å². The lowest BCUT2D eigenvalue weighted by Crippen LogP contribution is -2.19. The summed E-state index contributed by atoms with van der Waals surface area (Å²) in [5, 5.41) is 2.27. The van der Waals surface area contributed by atoms with Gasteiger partial charge in [0.2, 0.25) is 0 Å². The Bertz CT molecular complexity index is 618. The lowest BCUT2D eigenvalue weighted by atomic mass is 9.98. The summed E-state index contributed by atoms with van der Waals surface area (Å²) in [6.07, 6.45) is 0.941. The van der Waals surface area contributed by atoms with Crippen molar-refractivity contribution in [2.75, 3.05) is 13.7 Å². The Kier molecular flexibility index (Phi) is 3.22. The highest BCUT2D eigenvalue weighted by Crippen LogP contribution is 2.29. The third kappa shape index (κ3) is 2.47. The summed E-state index contributed by atoms with van der Waals surface area (Å²) in [5.74, 6) is 1.13. The van der Waals surface area contributed by atoms with Crippen LogP contribution >= 0.6 is 0 Å². The van der Waals surface area contributed by atoms with Crippen molar-refractivity contribution in [1.29, 1.82) is 0 Å². The van der Waals surface area contributed by atoms with Crippen molar-refractivity contribution in [2.45, 2.75) is 18.9 Å². The van der Waals surface area contributed by atoms with Crippen LogP contribution in [0.2, 0.25) is 0 Å². The number of Topliss-reactive ketones (excluding diaryl/α,β-unsaturated/α-hetero) is 1. The largest absolute Gasteiger partial charge is 0.497 e. The van der Waals surface area contributed by atoms with E-state index in [-0.39, 0.29) is 11.9 Å². The smallest absolute Gasteiger partial charge is 0.138 e. The summed E-state index contributed by atoms with van der Waals surface area (Å²) in [7, 11) is 1.66. The minimum atomic E-state index is -0.0900. The predicted molar refractivity (Wildman–Crippen MR) is 73.4 cm³/mol. The maximum atomic E-state index is 11.5. The van der Waals surface area contributed by atoms with E-state index < -0.39 is 0 Å². The van der Waals surface area contributed by atoms with E-state index in [1.165, 1.54) is 0 Å². The van der Waals surface area contributed by atoms with E-state index in [1.54, 1.807) is 7.11 Å². The van der Waals surface area contributed by atoms with Crippen LogP contribution in [0.3, 0.4) is 0 Å². The van der Waals surface area contributed by atoms with Gasteiger partial charge in [-0.25, -0.2) is 0 Å². The Morgan fingerprint density at radius 1 is 1.16 bits per heavy atom. The van der Waals surface area contributed by atoms with Gasteiger partial charge >= 0.3 is 0 Å². The number of methoxy groups -OCH3 is 1. The van der Waals surface area contributed by atoms with Gasteiger partial charge in [0.1, 0.15) is 11.5 Å². The quantitative estimate of drug-likeness (QED) is 0.827. The van der Waals surface area contributed by atoms with Gasteiger partial charge in [0.25, 0.3) is 0 Å². The molecule has 2 aromatic carbocycles. The molecule has 1 aliphatic rings. The number of ketones is 1. The molecule has 1 atom stereocenters.